The number of nitrogens with one attached hydrogen (secondary N) is 1. The van der Waals surface area contributed by atoms with Crippen LogP contribution >= 0.6 is 11.8 Å². The van der Waals surface area contributed by atoms with Crippen molar-refractivity contribution in [2.24, 2.45) is 5.73 Å². The summed E-state index contributed by atoms with van der Waals surface area (Å²) < 4.78 is 0. The molecule has 1 aliphatic heterocycles. The molecule has 3 heteroatoms. The van der Waals surface area contributed by atoms with E-state index >= 15 is 0 Å². The molecule has 1 saturated heterocycles. The van der Waals surface area contributed by atoms with Crippen molar-refractivity contribution in [1.82, 2.24) is 5.32 Å². The van der Waals surface area contributed by atoms with Crippen LogP contribution in [0, 0.1) is 0 Å². The van der Waals surface area contributed by atoms with Crippen molar-refractivity contribution in [2.75, 3.05) is 24.6 Å². The van der Waals surface area contributed by atoms with Gasteiger partial charge in [0.2, 0.25) is 0 Å². The van der Waals surface area contributed by atoms with Gasteiger partial charge in [-0.1, -0.05) is 0 Å². The molecule has 0 radical (unpaired) electrons. The maximum absolute atomic E-state index is 5.40. The van der Waals surface area contributed by atoms with Crippen molar-refractivity contribution in [3.05, 3.63) is 0 Å². The fourth-order valence-electron chi connectivity index (χ4n) is 1.31. The highest BCUT2D eigenvalue weighted by molar-refractivity contribution is 7.99. The third-order valence-corrected chi connectivity index (χ3v) is 3.19. The summed E-state index contributed by atoms with van der Waals surface area (Å²) in [5.74, 6) is 2.65. The normalized spacial score (nSPS) is 25.4. The van der Waals surface area contributed by atoms with Gasteiger partial charge in [-0.05, 0) is 38.1 Å². The van der Waals surface area contributed by atoms with E-state index in [9.17, 15) is 0 Å². The van der Waals surface area contributed by atoms with Crippen LogP contribution in [0.4, 0.5) is 0 Å². The summed E-state index contributed by atoms with van der Waals surface area (Å²) in [7, 11) is 0. The molecular formula is C8H18N2S. The van der Waals surface area contributed by atoms with Crippen LogP contribution in [0.5, 0.6) is 0 Å². The van der Waals surface area contributed by atoms with E-state index in [0.29, 0.717) is 0 Å². The highest BCUT2D eigenvalue weighted by Gasteiger charge is 2.11. The van der Waals surface area contributed by atoms with Gasteiger partial charge in [0.15, 0.2) is 0 Å². The quantitative estimate of drug-likeness (QED) is 0.620. The van der Waals surface area contributed by atoms with Crippen LogP contribution in [0.1, 0.15) is 19.3 Å². The second-order valence-electron chi connectivity index (χ2n) is 3.01. The average molecular weight is 174 g/mol. The summed E-state index contributed by atoms with van der Waals surface area (Å²) in [4.78, 5) is 0. The third-order valence-electron chi connectivity index (χ3n) is 1.97. The monoisotopic (exact) mass is 174 g/mol. The molecule has 66 valence electrons. The zero-order valence-corrected chi connectivity index (χ0v) is 7.83. The van der Waals surface area contributed by atoms with Crippen LogP contribution in [-0.4, -0.2) is 30.6 Å². The van der Waals surface area contributed by atoms with E-state index in [2.05, 4.69) is 17.1 Å². The average Bonchev–Trinajstić information content (AvgIpc) is 2.07. The predicted octanol–water partition coefficient (Wildman–Crippen LogP) is 0.820. The minimum atomic E-state index is 0.764. The largest absolute Gasteiger partial charge is 0.330 e. The summed E-state index contributed by atoms with van der Waals surface area (Å²) in [5.41, 5.74) is 5.40. The Hall–Kier alpha value is 0.270. The minimum Gasteiger partial charge on any atom is -0.330 e. The topological polar surface area (TPSA) is 38.0 Å². The molecule has 0 bridgehead atoms. The Morgan fingerprint density at radius 3 is 3.09 bits per heavy atom. The van der Waals surface area contributed by atoms with Crippen LogP contribution in [0.2, 0.25) is 0 Å². The maximum Gasteiger partial charge on any atom is 0.0158 e. The summed E-state index contributed by atoms with van der Waals surface area (Å²) >= 11 is 2.07. The van der Waals surface area contributed by atoms with Gasteiger partial charge in [0.25, 0.3) is 0 Å². The molecule has 2 nitrogen and oxygen atoms in total. The van der Waals surface area contributed by atoms with Crippen molar-refractivity contribution in [2.45, 2.75) is 25.3 Å². The molecule has 0 amide bonds. The lowest BCUT2D eigenvalue weighted by Gasteiger charge is -2.22. The van der Waals surface area contributed by atoms with E-state index in [1.807, 2.05) is 0 Å². The van der Waals surface area contributed by atoms with Gasteiger partial charge >= 0.3 is 0 Å². The SMILES string of the molecule is NCCCNC1CCCSC1. The molecule has 3 N–H and O–H groups in total. The fraction of sp³-hybridized carbons (Fsp3) is 1.00. The molecule has 1 atom stereocenters. The van der Waals surface area contributed by atoms with Crippen molar-refractivity contribution in [3.8, 4) is 0 Å². The van der Waals surface area contributed by atoms with Gasteiger partial charge in [-0.15, -0.1) is 0 Å². The second kappa shape index (κ2) is 5.86. The molecule has 1 unspecified atom stereocenters. The van der Waals surface area contributed by atoms with Gasteiger partial charge in [-0.25, -0.2) is 0 Å². The smallest absolute Gasteiger partial charge is 0.0158 e. The minimum absolute atomic E-state index is 0.764. The van der Waals surface area contributed by atoms with E-state index in [0.717, 1.165) is 25.6 Å². The first kappa shape index (κ1) is 9.36. The molecular weight excluding hydrogens is 156 g/mol. The molecule has 0 saturated carbocycles. The Balaban J connectivity index is 1.96. The Morgan fingerprint density at radius 2 is 2.45 bits per heavy atom. The van der Waals surface area contributed by atoms with Crippen LogP contribution < -0.4 is 11.1 Å². The second-order valence-corrected chi connectivity index (χ2v) is 4.16. The van der Waals surface area contributed by atoms with Gasteiger partial charge in [0.05, 0.1) is 0 Å². The van der Waals surface area contributed by atoms with E-state index in [1.54, 1.807) is 0 Å². The van der Waals surface area contributed by atoms with Gasteiger partial charge in [-0.3, -0.25) is 0 Å². The first-order valence-electron chi connectivity index (χ1n) is 4.44. The summed E-state index contributed by atoms with van der Waals surface area (Å²) in [5, 5.41) is 3.52. The Kier molecular flexibility index (Phi) is 4.99. The first-order valence-corrected chi connectivity index (χ1v) is 5.60. The van der Waals surface area contributed by atoms with E-state index < -0.39 is 0 Å². The molecule has 1 aliphatic rings. The number of thioether (sulfide) groups is 1. The first-order chi connectivity index (χ1) is 5.43. The zero-order chi connectivity index (χ0) is 7.94. The summed E-state index contributed by atoms with van der Waals surface area (Å²) in [6.45, 7) is 1.91. The molecule has 0 aromatic carbocycles. The highest BCUT2D eigenvalue weighted by Crippen LogP contribution is 2.16. The number of hydrogen-bond acceptors (Lipinski definition) is 3. The van der Waals surface area contributed by atoms with Crippen LogP contribution in [-0.2, 0) is 0 Å². The van der Waals surface area contributed by atoms with Gasteiger partial charge in [-0.2, -0.15) is 11.8 Å². The van der Waals surface area contributed by atoms with Gasteiger partial charge < -0.3 is 11.1 Å². The molecule has 0 spiro atoms. The van der Waals surface area contributed by atoms with Crippen LogP contribution in [0.25, 0.3) is 0 Å². The van der Waals surface area contributed by atoms with Crippen LogP contribution in [0.15, 0.2) is 0 Å². The lowest BCUT2D eigenvalue weighted by atomic mass is 10.2. The fourth-order valence-corrected chi connectivity index (χ4v) is 2.42. The molecule has 0 aromatic rings. The lowest BCUT2D eigenvalue weighted by Crippen LogP contribution is -2.34. The Labute approximate surface area is 73.3 Å². The van der Waals surface area contributed by atoms with E-state index in [1.165, 1.54) is 24.3 Å². The predicted molar refractivity (Wildman–Crippen MR) is 52.0 cm³/mol. The van der Waals surface area contributed by atoms with Crippen LogP contribution in [0.3, 0.4) is 0 Å². The Bertz CT molecular complexity index is 92.1. The zero-order valence-electron chi connectivity index (χ0n) is 7.01. The van der Waals surface area contributed by atoms with E-state index in [-0.39, 0.29) is 0 Å². The van der Waals surface area contributed by atoms with Crippen molar-refractivity contribution < 1.29 is 0 Å². The third kappa shape index (κ3) is 3.99. The summed E-state index contributed by atoms with van der Waals surface area (Å²) in [6, 6.07) is 0.764. The maximum atomic E-state index is 5.40. The molecule has 11 heavy (non-hydrogen) atoms. The van der Waals surface area contributed by atoms with Gasteiger partial charge in [0, 0.05) is 11.8 Å². The highest BCUT2D eigenvalue weighted by atomic mass is 32.2. The molecule has 1 rings (SSSR count). The Morgan fingerprint density at radius 1 is 1.55 bits per heavy atom. The van der Waals surface area contributed by atoms with E-state index in [4.69, 9.17) is 5.73 Å². The molecule has 0 aliphatic carbocycles. The number of nitrogens with two attached hydrogens (primary N) is 1. The summed E-state index contributed by atoms with van der Waals surface area (Å²) in [6.07, 6.45) is 3.85. The van der Waals surface area contributed by atoms with Crippen molar-refractivity contribution >= 4 is 11.8 Å². The van der Waals surface area contributed by atoms with Crippen molar-refractivity contribution in [3.63, 3.8) is 0 Å². The molecule has 1 heterocycles. The molecule has 1 fully saturated rings. The van der Waals surface area contributed by atoms with Crippen molar-refractivity contribution in [1.29, 1.82) is 0 Å². The van der Waals surface area contributed by atoms with Gasteiger partial charge in [0.1, 0.15) is 0 Å². The lowest BCUT2D eigenvalue weighted by molar-refractivity contribution is 0.503. The molecule has 0 aromatic heterocycles. The number of rotatable bonds is 4. The number of hydrogen-bond donors (Lipinski definition) is 2. The standard InChI is InChI=1S/C8H18N2S/c9-4-2-5-10-8-3-1-6-11-7-8/h8,10H,1-7,9H2.